The molecule has 0 aromatic carbocycles. The van der Waals surface area contributed by atoms with Crippen LogP contribution in [0.25, 0.3) is 0 Å². The zero-order valence-electron chi connectivity index (χ0n) is 28.1. The summed E-state index contributed by atoms with van der Waals surface area (Å²) in [4.78, 5) is 0. The van der Waals surface area contributed by atoms with Crippen LogP contribution in [0.3, 0.4) is 0 Å². The van der Waals surface area contributed by atoms with E-state index in [9.17, 15) is 35.7 Å². The minimum absolute atomic E-state index is 0.0190. The number of hydrogen-bond donors (Lipinski definition) is 7. The minimum atomic E-state index is -1.33. The maximum Gasteiger partial charge on any atom is 0.186 e. The van der Waals surface area contributed by atoms with Gasteiger partial charge in [0.05, 0.1) is 48.3 Å². The topological polar surface area (TPSA) is 169 Å². The normalized spacial score (nSPS) is 60.4. The number of aliphatic hydroxyl groups excluding tert-OH is 6. The van der Waals surface area contributed by atoms with Gasteiger partial charge < -0.3 is 50.0 Å². The van der Waals surface area contributed by atoms with E-state index in [0.29, 0.717) is 25.2 Å². The van der Waals surface area contributed by atoms with Gasteiger partial charge in [-0.05, 0) is 100 Å². The van der Waals surface area contributed by atoms with Crippen molar-refractivity contribution in [1.82, 2.24) is 0 Å². The molecule has 7 N–H and O–H groups in total. The highest BCUT2D eigenvalue weighted by atomic mass is 16.7. The van der Waals surface area contributed by atoms with Crippen molar-refractivity contribution in [2.75, 3.05) is 6.61 Å². The highest BCUT2D eigenvalue weighted by molar-refractivity contribution is 5.35. The maximum absolute atomic E-state index is 12.4. The summed E-state index contributed by atoms with van der Waals surface area (Å²) < 4.78 is 18.6. The summed E-state index contributed by atoms with van der Waals surface area (Å²) in [5, 5.41) is 77.9. The van der Waals surface area contributed by atoms with Gasteiger partial charge in [-0.15, -0.1) is 0 Å². The van der Waals surface area contributed by atoms with Crippen LogP contribution in [-0.2, 0) is 14.2 Å². The van der Waals surface area contributed by atoms with Crippen molar-refractivity contribution in [3.8, 4) is 0 Å². The molecule has 10 heteroatoms. The van der Waals surface area contributed by atoms with E-state index in [0.717, 1.165) is 32.1 Å². The molecule has 17 atom stereocenters. The predicted molar refractivity (Wildman–Crippen MR) is 162 cm³/mol. The lowest BCUT2D eigenvalue weighted by atomic mass is 9.40. The predicted octanol–water partition coefficient (Wildman–Crippen LogP) is 1.87. The summed E-state index contributed by atoms with van der Waals surface area (Å²) in [6.07, 6.45) is -1.90. The van der Waals surface area contributed by atoms with Crippen LogP contribution in [0, 0.1) is 44.8 Å². The summed E-state index contributed by atoms with van der Waals surface area (Å²) in [7, 11) is 0. The summed E-state index contributed by atoms with van der Waals surface area (Å²) in [6.45, 7) is 14.1. The highest BCUT2D eigenvalue weighted by Gasteiger charge is 2.86. The van der Waals surface area contributed by atoms with Crippen LogP contribution in [0.1, 0.15) is 99.8 Å². The molecule has 7 fully saturated rings. The Kier molecular flexibility index (Phi) is 7.25. The fraction of sp³-hybridized carbons (Fsp3) is 1.00. The Bertz CT molecular complexity index is 1190. The summed E-state index contributed by atoms with van der Waals surface area (Å²) in [5.74, 6) is -0.0832. The quantitative estimate of drug-likeness (QED) is 0.226. The molecule has 0 aromatic heterocycles. The van der Waals surface area contributed by atoms with Crippen LogP contribution in [0.4, 0.5) is 0 Å². The molecule has 2 spiro atoms. The Labute approximate surface area is 267 Å². The molecule has 2 unspecified atom stereocenters. The highest BCUT2D eigenvalue weighted by Crippen LogP contribution is 2.89. The van der Waals surface area contributed by atoms with Gasteiger partial charge in [0.2, 0.25) is 0 Å². The maximum atomic E-state index is 12.4. The zero-order valence-corrected chi connectivity index (χ0v) is 28.1. The number of fused-ring (bicyclic) bond motifs is 2. The lowest BCUT2D eigenvalue weighted by Crippen LogP contribution is -2.65. The van der Waals surface area contributed by atoms with Gasteiger partial charge >= 0.3 is 0 Å². The average Bonchev–Trinajstić information content (AvgIpc) is 3.36. The first-order valence-corrected chi connectivity index (χ1v) is 17.5. The van der Waals surface area contributed by atoms with Gasteiger partial charge in [-0.25, -0.2) is 0 Å². The Balaban J connectivity index is 1.18. The van der Waals surface area contributed by atoms with Gasteiger partial charge in [-0.3, -0.25) is 0 Å². The molecule has 2 heterocycles. The van der Waals surface area contributed by atoms with Crippen LogP contribution >= 0.6 is 0 Å². The molecule has 10 nitrogen and oxygen atoms in total. The van der Waals surface area contributed by atoms with E-state index < -0.39 is 70.9 Å². The molecule has 5 aliphatic carbocycles. The van der Waals surface area contributed by atoms with Crippen LogP contribution in [0.5, 0.6) is 0 Å². The second-order valence-electron chi connectivity index (χ2n) is 18.2. The van der Waals surface area contributed by atoms with Gasteiger partial charge in [0.25, 0.3) is 0 Å². The standard InChI is InChI=1S/C35H58O10/c1-29(2)18-8-9-19-32(6)27(41)25(40)26(31(5)12-10-22(45-31)30(3,4)42)33(32,7)20(37)14-35(19)16-34(18,35)13-11-21(29)44-28-24(39)23(38)17(36)15-43-28/h17-28,36-42H,8-16H2,1-7H3/t17-,18+,19+,20+,21+,22?,23+,24-,25-,26-,27+,28+,31?,32-,33-,34-,35+/m1/s1. The van der Waals surface area contributed by atoms with E-state index in [1.165, 1.54) is 0 Å². The monoisotopic (exact) mass is 638 g/mol. The molecule has 258 valence electrons. The average molecular weight is 639 g/mol. The van der Waals surface area contributed by atoms with E-state index in [2.05, 4.69) is 27.7 Å². The molecule has 0 aromatic rings. The smallest absolute Gasteiger partial charge is 0.186 e. The Morgan fingerprint density at radius 3 is 2.07 bits per heavy atom. The number of hydrogen-bond acceptors (Lipinski definition) is 10. The SMILES string of the molecule is CC(C)(O)C1CCC(C)([C@H]2[C@@H](O)[C@H](O)[C@@]3(C)[C@@H]4CC[C@H]5C(C)(C)[C@@H](O[C@@H]6OC[C@@H](O)[C@H](O)[C@H]6O)CC[C@@]56C[C@@]46C[C@H](O)[C@]23C)O1. The molecular weight excluding hydrogens is 580 g/mol. The van der Waals surface area contributed by atoms with Gasteiger partial charge in [-0.2, -0.15) is 0 Å². The van der Waals surface area contributed by atoms with E-state index >= 15 is 0 Å². The van der Waals surface area contributed by atoms with Crippen LogP contribution in [0.15, 0.2) is 0 Å². The van der Waals surface area contributed by atoms with Crippen molar-refractivity contribution >= 4 is 0 Å². The second-order valence-corrected chi connectivity index (χ2v) is 18.2. The zero-order chi connectivity index (χ0) is 32.9. The van der Waals surface area contributed by atoms with E-state index in [-0.39, 0.29) is 41.0 Å². The number of ether oxygens (including phenoxy) is 3. The summed E-state index contributed by atoms with van der Waals surface area (Å²) in [6, 6.07) is 0. The molecule has 0 radical (unpaired) electrons. The van der Waals surface area contributed by atoms with Crippen molar-refractivity contribution in [2.24, 2.45) is 44.8 Å². The minimum Gasteiger partial charge on any atom is -0.393 e. The molecular formula is C35H58O10. The molecule has 45 heavy (non-hydrogen) atoms. The summed E-state index contributed by atoms with van der Waals surface area (Å²) >= 11 is 0. The van der Waals surface area contributed by atoms with Gasteiger partial charge in [0.1, 0.15) is 18.3 Å². The Hall–Kier alpha value is -0.400. The number of rotatable bonds is 4. The van der Waals surface area contributed by atoms with Gasteiger partial charge in [0.15, 0.2) is 6.29 Å². The molecule has 2 aliphatic heterocycles. The third-order valence-corrected chi connectivity index (χ3v) is 15.7. The van der Waals surface area contributed by atoms with Gasteiger partial charge in [-0.1, -0.05) is 27.7 Å². The van der Waals surface area contributed by atoms with Crippen LogP contribution < -0.4 is 0 Å². The van der Waals surface area contributed by atoms with Crippen LogP contribution in [0.2, 0.25) is 0 Å². The summed E-state index contributed by atoms with van der Waals surface area (Å²) in [5.41, 5.74) is -3.82. The Morgan fingerprint density at radius 1 is 0.756 bits per heavy atom. The molecule has 0 bridgehead atoms. The third-order valence-electron chi connectivity index (χ3n) is 15.7. The second kappa shape index (κ2) is 9.86. The Morgan fingerprint density at radius 2 is 1.42 bits per heavy atom. The van der Waals surface area contributed by atoms with Crippen molar-refractivity contribution < 1.29 is 50.0 Å². The number of aliphatic hydroxyl groups is 7. The molecule has 2 saturated heterocycles. The van der Waals surface area contributed by atoms with Crippen molar-refractivity contribution in [3.63, 3.8) is 0 Å². The van der Waals surface area contributed by atoms with Crippen molar-refractivity contribution in [1.29, 1.82) is 0 Å². The third kappa shape index (κ3) is 3.99. The fourth-order valence-corrected chi connectivity index (χ4v) is 13.4. The lowest BCUT2D eigenvalue weighted by Gasteiger charge is -2.65. The fourth-order valence-electron chi connectivity index (χ4n) is 13.4. The molecule has 7 aliphatic rings. The lowest BCUT2D eigenvalue weighted by molar-refractivity contribution is -0.304. The van der Waals surface area contributed by atoms with Gasteiger partial charge in [0, 0.05) is 16.7 Å². The van der Waals surface area contributed by atoms with Crippen molar-refractivity contribution in [3.05, 3.63) is 0 Å². The van der Waals surface area contributed by atoms with Crippen molar-refractivity contribution in [2.45, 2.75) is 166 Å². The van der Waals surface area contributed by atoms with E-state index in [1.807, 2.05) is 6.92 Å². The largest absolute Gasteiger partial charge is 0.393 e. The van der Waals surface area contributed by atoms with E-state index in [1.54, 1.807) is 13.8 Å². The first-order valence-electron chi connectivity index (χ1n) is 17.5. The molecule has 0 amide bonds. The first kappa shape index (κ1) is 33.1. The molecule has 5 saturated carbocycles. The first-order chi connectivity index (χ1) is 20.7. The molecule has 7 rings (SSSR count). The van der Waals surface area contributed by atoms with E-state index in [4.69, 9.17) is 14.2 Å². The van der Waals surface area contributed by atoms with Crippen LogP contribution in [-0.4, -0.2) is 109 Å².